The SMILES string of the molecule is C[C@@H](NC(=O)C[NH+]1CCN(C(=O)c2ccccc2)CC1)c1ccc2c(c1)CCCC2. The number of benzene rings is 2. The molecule has 2 N–H and O–H groups in total. The Morgan fingerprint density at radius 1 is 1.00 bits per heavy atom. The highest BCUT2D eigenvalue weighted by atomic mass is 16.2. The maximum absolute atomic E-state index is 12.6. The number of amides is 2. The number of hydrogen-bond acceptors (Lipinski definition) is 2. The van der Waals surface area contributed by atoms with E-state index in [-0.39, 0.29) is 17.9 Å². The van der Waals surface area contributed by atoms with Crippen molar-refractivity contribution in [3.63, 3.8) is 0 Å². The smallest absolute Gasteiger partial charge is 0.275 e. The molecule has 158 valence electrons. The van der Waals surface area contributed by atoms with Gasteiger partial charge in [-0.2, -0.15) is 0 Å². The van der Waals surface area contributed by atoms with Gasteiger partial charge in [0, 0.05) is 5.56 Å². The number of aryl methyl sites for hydroxylation is 2. The van der Waals surface area contributed by atoms with Crippen LogP contribution in [-0.2, 0) is 17.6 Å². The molecule has 2 aliphatic rings. The highest BCUT2D eigenvalue weighted by Crippen LogP contribution is 2.24. The normalized spacial score (nSPS) is 17.8. The Kier molecular flexibility index (Phi) is 6.48. The van der Waals surface area contributed by atoms with Crippen LogP contribution in [0.4, 0.5) is 0 Å². The van der Waals surface area contributed by atoms with Gasteiger partial charge in [-0.05, 0) is 61.4 Å². The van der Waals surface area contributed by atoms with Crippen LogP contribution in [0.3, 0.4) is 0 Å². The Morgan fingerprint density at radius 2 is 1.70 bits per heavy atom. The maximum Gasteiger partial charge on any atom is 0.275 e. The molecule has 2 aromatic rings. The summed E-state index contributed by atoms with van der Waals surface area (Å²) in [6.45, 7) is 5.52. The predicted octanol–water partition coefficient (Wildman–Crippen LogP) is 1.78. The van der Waals surface area contributed by atoms with Crippen LogP contribution in [0.1, 0.15) is 52.9 Å². The van der Waals surface area contributed by atoms with Crippen LogP contribution in [0, 0.1) is 0 Å². The maximum atomic E-state index is 12.6. The van der Waals surface area contributed by atoms with Gasteiger partial charge in [-0.25, -0.2) is 0 Å². The van der Waals surface area contributed by atoms with Crippen molar-refractivity contribution >= 4 is 11.8 Å². The number of hydrogen-bond donors (Lipinski definition) is 2. The fourth-order valence-corrected chi connectivity index (χ4v) is 4.59. The lowest BCUT2D eigenvalue weighted by atomic mass is 9.89. The molecule has 5 nitrogen and oxygen atoms in total. The molecule has 0 aromatic heterocycles. The molecule has 5 heteroatoms. The molecule has 0 saturated carbocycles. The van der Waals surface area contributed by atoms with Gasteiger partial charge < -0.3 is 15.1 Å². The second kappa shape index (κ2) is 9.43. The first-order valence-corrected chi connectivity index (χ1v) is 11.2. The molecule has 2 aromatic carbocycles. The molecule has 0 radical (unpaired) electrons. The molecule has 1 aliphatic carbocycles. The first-order chi connectivity index (χ1) is 14.6. The Hall–Kier alpha value is -2.66. The molecule has 1 saturated heterocycles. The minimum absolute atomic E-state index is 0.0186. The highest BCUT2D eigenvalue weighted by molar-refractivity contribution is 5.94. The van der Waals surface area contributed by atoms with Crippen molar-refractivity contribution in [2.45, 2.75) is 38.6 Å². The molecule has 0 bridgehead atoms. The summed E-state index contributed by atoms with van der Waals surface area (Å²) >= 11 is 0. The Morgan fingerprint density at radius 3 is 2.43 bits per heavy atom. The molecule has 1 aliphatic heterocycles. The van der Waals surface area contributed by atoms with E-state index in [1.165, 1.54) is 40.9 Å². The molecule has 1 fully saturated rings. The van der Waals surface area contributed by atoms with Gasteiger partial charge in [-0.3, -0.25) is 9.59 Å². The van der Waals surface area contributed by atoms with Crippen molar-refractivity contribution in [1.29, 1.82) is 0 Å². The third-order valence-electron chi connectivity index (χ3n) is 6.44. The monoisotopic (exact) mass is 406 g/mol. The van der Waals surface area contributed by atoms with E-state index in [4.69, 9.17) is 0 Å². The van der Waals surface area contributed by atoms with Crippen LogP contribution in [0.15, 0.2) is 48.5 Å². The highest BCUT2D eigenvalue weighted by Gasteiger charge is 2.26. The van der Waals surface area contributed by atoms with E-state index in [0.29, 0.717) is 19.6 Å². The third-order valence-corrected chi connectivity index (χ3v) is 6.44. The van der Waals surface area contributed by atoms with E-state index < -0.39 is 0 Å². The molecule has 2 amide bonds. The Labute approximate surface area is 179 Å². The number of carbonyl (C=O) groups is 2. The summed E-state index contributed by atoms with van der Waals surface area (Å²) in [7, 11) is 0. The van der Waals surface area contributed by atoms with E-state index in [2.05, 4.69) is 30.4 Å². The molecular weight excluding hydrogens is 374 g/mol. The third kappa shape index (κ3) is 4.90. The van der Waals surface area contributed by atoms with Crippen LogP contribution in [0.2, 0.25) is 0 Å². The van der Waals surface area contributed by atoms with Gasteiger partial charge in [0.15, 0.2) is 6.54 Å². The molecule has 1 heterocycles. The predicted molar refractivity (Wildman–Crippen MR) is 118 cm³/mol. The summed E-state index contributed by atoms with van der Waals surface area (Å²) in [6.07, 6.45) is 4.88. The van der Waals surface area contributed by atoms with Crippen molar-refractivity contribution < 1.29 is 14.5 Å². The number of fused-ring (bicyclic) bond motifs is 1. The van der Waals surface area contributed by atoms with Gasteiger partial charge in [0.1, 0.15) is 0 Å². The molecule has 1 atom stereocenters. The summed E-state index contributed by atoms with van der Waals surface area (Å²) < 4.78 is 0. The molecule has 4 rings (SSSR count). The fraction of sp³-hybridized carbons (Fsp3) is 0.440. The van der Waals surface area contributed by atoms with Crippen molar-refractivity contribution in [3.8, 4) is 0 Å². The molecule has 0 spiro atoms. The zero-order valence-electron chi connectivity index (χ0n) is 17.8. The van der Waals surface area contributed by atoms with Crippen molar-refractivity contribution in [1.82, 2.24) is 10.2 Å². The van der Waals surface area contributed by atoms with Gasteiger partial charge in [-0.15, -0.1) is 0 Å². The number of nitrogens with one attached hydrogen (secondary N) is 2. The second-order valence-corrected chi connectivity index (χ2v) is 8.61. The van der Waals surface area contributed by atoms with Gasteiger partial charge in [-0.1, -0.05) is 36.4 Å². The topological polar surface area (TPSA) is 53.9 Å². The number of carbonyl (C=O) groups excluding carboxylic acids is 2. The van der Waals surface area contributed by atoms with Crippen LogP contribution in [-0.4, -0.2) is 49.4 Å². The molecule has 30 heavy (non-hydrogen) atoms. The van der Waals surface area contributed by atoms with Crippen LogP contribution < -0.4 is 10.2 Å². The van der Waals surface area contributed by atoms with Crippen LogP contribution in [0.25, 0.3) is 0 Å². The van der Waals surface area contributed by atoms with E-state index in [1.54, 1.807) is 0 Å². The van der Waals surface area contributed by atoms with Crippen LogP contribution in [0.5, 0.6) is 0 Å². The van der Waals surface area contributed by atoms with Gasteiger partial charge in [0.2, 0.25) is 0 Å². The summed E-state index contributed by atoms with van der Waals surface area (Å²) in [5, 5.41) is 3.17. The van der Waals surface area contributed by atoms with Crippen molar-refractivity contribution in [2.24, 2.45) is 0 Å². The zero-order chi connectivity index (χ0) is 20.9. The van der Waals surface area contributed by atoms with E-state index in [9.17, 15) is 9.59 Å². The lowest BCUT2D eigenvalue weighted by molar-refractivity contribution is -0.896. The van der Waals surface area contributed by atoms with Crippen molar-refractivity contribution in [3.05, 3.63) is 70.8 Å². The molecule has 0 unspecified atom stereocenters. The second-order valence-electron chi connectivity index (χ2n) is 8.61. The number of rotatable bonds is 5. The number of nitrogens with zero attached hydrogens (tertiary/aromatic N) is 1. The van der Waals surface area contributed by atoms with E-state index >= 15 is 0 Å². The quantitative estimate of drug-likeness (QED) is 0.795. The largest absolute Gasteiger partial charge is 0.345 e. The lowest BCUT2D eigenvalue weighted by Gasteiger charge is -2.32. The van der Waals surface area contributed by atoms with Gasteiger partial charge in [0.05, 0.1) is 32.2 Å². The summed E-state index contributed by atoms with van der Waals surface area (Å²) in [5.41, 5.74) is 4.84. The molecular formula is C25H32N3O2+. The standard InChI is InChI=1S/C25H31N3O2/c1-19(22-12-11-20-7-5-6-10-23(20)17-22)26-24(29)18-27-13-15-28(16-14-27)25(30)21-8-3-2-4-9-21/h2-4,8-9,11-12,17,19H,5-7,10,13-16,18H2,1H3,(H,26,29)/p+1/t19-/m1/s1. The average molecular weight is 407 g/mol. The van der Waals surface area contributed by atoms with Gasteiger partial charge in [0.25, 0.3) is 11.8 Å². The average Bonchev–Trinajstić information content (AvgIpc) is 2.79. The zero-order valence-corrected chi connectivity index (χ0v) is 17.8. The summed E-state index contributed by atoms with van der Waals surface area (Å²) in [4.78, 5) is 28.3. The fourth-order valence-electron chi connectivity index (χ4n) is 4.59. The van der Waals surface area contributed by atoms with E-state index in [1.807, 2.05) is 35.2 Å². The summed E-state index contributed by atoms with van der Waals surface area (Å²) in [5.74, 6) is 0.165. The van der Waals surface area contributed by atoms with Crippen molar-refractivity contribution in [2.75, 3.05) is 32.7 Å². The minimum Gasteiger partial charge on any atom is -0.345 e. The van der Waals surface area contributed by atoms with Crippen LogP contribution >= 0.6 is 0 Å². The number of piperazine rings is 1. The number of quaternary nitrogens is 1. The summed E-state index contributed by atoms with van der Waals surface area (Å²) in [6, 6.07) is 16.1. The first kappa shape index (κ1) is 20.6. The van der Waals surface area contributed by atoms with Gasteiger partial charge >= 0.3 is 0 Å². The Balaban J connectivity index is 1.25. The lowest BCUT2D eigenvalue weighted by Crippen LogP contribution is -3.15. The Bertz CT molecular complexity index is 889. The van der Waals surface area contributed by atoms with E-state index in [0.717, 1.165) is 25.1 Å². The minimum atomic E-state index is 0.0186. The first-order valence-electron chi connectivity index (χ1n) is 11.2.